The summed E-state index contributed by atoms with van der Waals surface area (Å²) in [6, 6.07) is 30.7. The normalized spacial score (nSPS) is 11.4. The van der Waals surface area contributed by atoms with Gasteiger partial charge in [0.25, 0.3) is 5.91 Å². The van der Waals surface area contributed by atoms with Gasteiger partial charge in [-0.2, -0.15) is 5.10 Å². The summed E-state index contributed by atoms with van der Waals surface area (Å²) in [5.74, 6) is -0.651. The van der Waals surface area contributed by atoms with E-state index in [4.69, 9.17) is 15.4 Å². The van der Waals surface area contributed by atoms with Crippen LogP contribution in [0.1, 0.15) is 27.2 Å². The van der Waals surface area contributed by atoms with Gasteiger partial charge in [0.2, 0.25) is 0 Å². The summed E-state index contributed by atoms with van der Waals surface area (Å²) in [7, 11) is 0. The topological polar surface area (TPSA) is 86.9 Å². The Morgan fingerprint density at radius 1 is 0.812 bits per heavy atom. The molecular formula is C26H20N4O2. The number of nitrogens with zero attached hydrogens (tertiary/aromatic N) is 3. The van der Waals surface area contributed by atoms with Crippen LogP contribution >= 0.6 is 0 Å². The molecule has 6 nitrogen and oxygen atoms in total. The van der Waals surface area contributed by atoms with E-state index in [1.807, 2.05) is 65.5 Å². The third-order valence-corrected chi connectivity index (χ3v) is 5.61. The molecule has 156 valence electrons. The lowest BCUT2D eigenvalue weighted by Gasteiger charge is -2.36. The van der Waals surface area contributed by atoms with E-state index in [2.05, 4.69) is 41.6 Å². The quantitative estimate of drug-likeness (QED) is 0.411. The molecule has 0 unspecified atom stereocenters. The molecule has 5 aromatic rings. The van der Waals surface area contributed by atoms with Gasteiger partial charge in [-0.15, -0.1) is 0 Å². The van der Waals surface area contributed by atoms with Gasteiger partial charge < -0.3 is 10.3 Å². The van der Waals surface area contributed by atoms with E-state index >= 15 is 0 Å². The van der Waals surface area contributed by atoms with Gasteiger partial charge in [-0.1, -0.05) is 96.2 Å². The molecule has 6 heteroatoms. The number of carbonyl (C=O) groups is 1. The van der Waals surface area contributed by atoms with Crippen LogP contribution in [-0.4, -0.2) is 20.8 Å². The van der Waals surface area contributed by atoms with Crippen molar-refractivity contribution in [2.24, 2.45) is 5.73 Å². The smallest absolute Gasteiger partial charge is 0.271 e. The molecule has 0 radical (unpaired) electrons. The summed E-state index contributed by atoms with van der Waals surface area (Å²) >= 11 is 0. The second-order valence-electron chi connectivity index (χ2n) is 7.42. The second kappa shape index (κ2) is 8.00. The monoisotopic (exact) mass is 420 g/mol. The maximum absolute atomic E-state index is 11.8. The number of rotatable bonds is 6. The maximum Gasteiger partial charge on any atom is 0.271 e. The predicted molar refractivity (Wildman–Crippen MR) is 121 cm³/mol. The van der Waals surface area contributed by atoms with Crippen molar-refractivity contribution >= 4 is 5.91 Å². The first-order chi connectivity index (χ1) is 15.7. The standard InChI is InChI=1S/C26H20N4O2/c27-25(31)24-23(18-32-29-24)19-16-28-30(17-19)26(20-10-4-1-5-11-20,21-12-6-2-7-13-21)22-14-8-3-9-15-22/h1-18H,(H2,27,31). The van der Waals surface area contributed by atoms with Crippen molar-refractivity contribution in [3.63, 3.8) is 0 Å². The number of benzene rings is 3. The second-order valence-corrected chi connectivity index (χ2v) is 7.42. The molecule has 5 rings (SSSR count). The number of amides is 1. The first-order valence-electron chi connectivity index (χ1n) is 10.2. The fourth-order valence-corrected chi connectivity index (χ4v) is 4.20. The molecule has 2 N–H and O–H groups in total. The summed E-state index contributed by atoms with van der Waals surface area (Å²) in [4.78, 5) is 11.8. The van der Waals surface area contributed by atoms with Crippen LogP contribution in [0.3, 0.4) is 0 Å². The first-order valence-corrected chi connectivity index (χ1v) is 10.2. The molecule has 0 aliphatic rings. The minimum atomic E-state index is -0.744. The van der Waals surface area contributed by atoms with Gasteiger partial charge >= 0.3 is 0 Å². The molecule has 1 amide bonds. The Kier molecular flexibility index (Phi) is 4.88. The van der Waals surface area contributed by atoms with E-state index in [1.165, 1.54) is 6.26 Å². The van der Waals surface area contributed by atoms with Gasteiger partial charge in [0, 0.05) is 11.8 Å². The molecule has 0 aliphatic carbocycles. The van der Waals surface area contributed by atoms with Crippen LogP contribution in [-0.2, 0) is 5.54 Å². The van der Waals surface area contributed by atoms with Crippen molar-refractivity contribution in [2.75, 3.05) is 0 Å². The molecule has 2 aromatic heterocycles. The van der Waals surface area contributed by atoms with Crippen molar-refractivity contribution in [3.8, 4) is 11.1 Å². The highest BCUT2D eigenvalue weighted by Gasteiger charge is 2.39. The minimum Gasteiger partial charge on any atom is -0.364 e. The Hall–Kier alpha value is -4.45. The lowest BCUT2D eigenvalue weighted by molar-refractivity contribution is 0.0992. The Bertz CT molecular complexity index is 1250. The average Bonchev–Trinajstić information content (AvgIpc) is 3.52. The van der Waals surface area contributed by atoms with E-state index in [0.717, 1.165) is 16.7 Å². The molecule has 32 heavy (non-hydrogen) atoms. The molecule has 0 fully saturated rings. The number of carbonyl (C=O) groups excluding carboxylic acids is 1. The van der Waals surface area contributed by atoms with Crippen LogP contribution in [0.15, 0.2) is 114 Å². The van der Waals surface area contributed by atoms with Gasteiger partial charge in [-0.3, -0.25) is 9.48 Å². The van der Waals surface area contributed by atoms with Gasteiger partial charge in [0.05, 0.1) is 11.8 Å². The zero-order chi connectivity index (χ0) is 22.0. The number of aromatic nitrogens is 3. The van der Waals surface area contributed by atoms with Gasteiger partial charge in [0.1, 0.15) is 11.8 Å². The van der Waals surface area contributed by atoms with Crippen LogP contribution in [0.5, 0.6) is 0 Å². The molecule has 0 aliphatic heterocycles. The number of hydrogen-bond acceptors (Lipinski definition) is 4. The molecule has 0 saturated heterocycles. The number of nitrogens with two attached hydrogens (primary N) is 1. The zero-order valence-electron chi connectivity index (χ0n) is 17.1. The molecule has 0 saturated carbocycles. The van der Waals surface area contributed by atoms with Crippen molar-refractivity contribution in [3.05, 3.63) is 132 Å². The summed E-state index contributed by atoms with van der Waals surface area (Å²) in [5, 5.41) is 8.52. The lowest BCUT2D eigenvalue weighted by Crippen LogP contribution is -2.38. The molecule has 0 bridgehead atoms. The van der Waals surface area contributed by atoms with E-state index in [9.17, 15) is 4.79 Å². The summed E-state index contributed by atoms with van der Waals surface area (Å²) in [6.07, 6.45) is 5.01. The maximum atomic E-state index is 11.8. The van der Waals surface area contributed by atoms with Crippen LogP contribution in [0.25, 0.3) is 11.1 Å². The van der Waals surface area contributed by atoms with Crippen LogP contribution in [0.4, 0.5) is 0 Å². The third-order valence-electron chi connectivity index (χ3n) is 5.61. The molecule has 0 atom stereocenters. The minimum absolute atomic E-state index is 0.0780. The Labute approximate surface area is 184 Å². The Balaban J connectivity index is 1.81. The third kappa shape index (κ3) is 3.09. The SMILES string of the molecule is NC(=O)c1nocc1-c1cnn(C(c2ccccc2)(c2ccccc2)c2ccccc2)c1. The van der Waals surface area contributed by atoms with Gasteiger partial charge in [0.15, 0.2) is 5.69 Å². The average molecular weight is 420 g/mol. The van der Waals surface area contributed by atoms with Crippen molar-refractivity contribution < 1.29 is 9.32 Å². The van der Waals surface area contributed by atoms with Crippen molar-refractivity contribution in [1.82, 2.24) is 14.9 Å². The van der Waals surface area contributed by atoms with Gasteiger partial charge in [-0.25, -0.2) is 0 Å². The summed E-state index contributed by atoms with van der Waals surface area (Å²) < 4.78 is 6.94. The zero-order valence-corrected chi connectivity index (χ0v) is 17.1. The highest BCUT2D eigenvalue weighted by atomic mass is 16.5. The number of hydrogen-bond donors (Lipinski definition) is 1. The van der Waals surface area contributed by atoms with Crippen LogP contribution < -0.4 is 5.73 Å². The van der Waals surface area contributed by atoms with Crippen LogP contribution in [0.2, 0.25) is 0 Å². The molecule has 0 spiro atoms. The highest BCUT2D eigenvalue weighted by molar-refractivity contribution is 5.97. The Morgan fingerprint density at radius 2 is 1.31 bits per heavy atom. The summed E-state index contributed by atoms with van der Waals surface area (Å²) in [5.41, 5.74) is 9.15. The molecular weight excluding hydrogens is 400 g/mol. The Morgan fingerprint density at radius 3 is 1.78 bits per heavy atom. The number of primary amides is 1. The molecule has 3 aromatic carbocycles. The fraction of sp³-hybridized carbons (Fsp3) is 0.0385. The first kappa shape index (κ1) is 19.5. The fourth-order valence-electron chi connectivity index (χ4n) is 4.20. The van der Waals surface area contributed by atoms with Crippen molar-refractivity contribution in [2.45, 2.75) is 5.54 Å². The summed E-state index contributed by atoms with van der Waals surface area (Å²) in [6.45, 7) is 0. The lowest BCUT2D eigenvalue weighted by atomic mass is 9.77. The molecule has 2 heterocycles. The highest BCUT2D eigenvalue weighted by Crippen LogP contribution is 2.41. The van der Waals surface area contributed by atoms with E-state index in [1.54, 1.807) is 6.20 Å². The van der Waals surface area contributed by atoms with Gasteiger partial charge in [-0.05, 0) is 16.7 Å². The van der Waals surface area contributed by atoms with Crippen molar-refractivity contribution in [1.29, 1.82) is 0 Å². The van der Waals surface area contributed by atoms with E-state index in [0.29, 0.717) is 11.1 Å². The van der Waals surface area contributed by atoms with E-state index < -0.39 is 11.4 Å². The largest absolute Gasteiger partial charge is 0.364 e. The predicted octanol–water partition coefficient (Wildman–Crippen LogP) is 4.48. The van der Waals surface area contributed by atoms with E-state index in [-0.39, 0.29) is 5.69 Å². The van der Waals surface area contributed by atoms with Crippen LogP contribution in [0, 0.1) is 0 Å².